The van der Waals surface area contributed by atoms with E-state index in [1.54, 1.807) is 20.8 Å². The first-order valence-corrected chi connectivity index (χ1v) is 5.06. The molecule has 16 heavy (non-hydrogen) atoms. The molecule has 1 atom stereocenters. The van der Waals surface area contributed by atoms with E-state index < -0.39 is 30.2 Å². The predicted octanol–water partition coefficient (Wildman–Crippen LogP) is 1.56. The quantitative estimate of drug-likeness (QED) is 0.697. The second kappa shape index (κ2) is 3.61. The Morgan fingerprint density at radius 1 is 1.31 bits per heavy atom. The molecule has 1 saturated heterocycles. The van der Waals surface area contributed by atoms with Crippen LogP contribution in [0.5, 0.6) is 0 Å². The Balaban J connectivity index is 2.77. The van der Waals surface area contributed by atoms with Crippen LogP contribution in [0, 0.1) is 5.41 Å². The SMILES string of the molecule is CC(C)(C)C(=O)N1CC[C@](O)(C(F)(F)F)C1. The molecule has 1 rings (SSSR count). The molecule has 0 bridgehead atoms. The molecule has 0 aromatic heterocycles. The molecular weight excluding hydrogens is 223 g/mol. The van der Waals surface area contributed by atoms with Crippen LogP contribution >= 0.6 is 0 Å². The van der Waals surface area contributed by atoms with Gasteiger partial charge in [0.1, 0.15) is 0 Å². The van der Waals surface area contributed by atoms with Crippen molar-refractivity contribution < 1.29 is 23.1 Å². The van der Waals surface area contributed by atoms with Crippen LogP contribution < -0.4 is 0 Å². The first-order chi connectivity index (χ1) is 6.97. The van der Waals surface area contributed by atoms with Crippen molar-refractivity contribution in [2.75, 3.05) is 13.1 Å². The fourth-order valence-electron chi connectivity index (χ4n) is 1.67. The number of β-amino-alcohol motifs (C(OH)–C–C–N with tert-alkyl or cyclic N) is 1. The zero-order valence-electron chi connectivity index (χ0n) is 9.56. The van der Waals surface area contributed by atoms with Gasteiger partial charge in [-0.3, -0.25) is 4.79 Å². The molecule has 1 aliphatic heterocycles. The minimum atomic E-state index is -4.68. The van der Waals surface area contributed by atoms with Gasteiger partial charge in [-0.1, -0.05) is 20.8 Å². The molecule has 94 valence electrons. The van der Waals surface area contributed by atoms with Gasteiger partial charge in [0, 0.05) is 18.4 Å². The van der Waals surface area contributed by atoms with Crippen LogP contribution in [0.4, 0.5) is 13.2 Å². The third-order valence-corrected chi connectivity index (χ3v) is 2.70. The smallest absolute Gasteiger partial charge is 0.379 e. The average Bonchev–Trinajstić information content (AvgIpc) is 2.45. The van der Waals surface area contributed by atoms with Gasteiger partial charge in [-0.15, -0.1) is 0 Å². The topological polar surface area (TPSA) is 40.5 Å². The largest absolute Gasteiger partial charge is 0.419 e. The summed E-state index contributed by atoms with van der Waals surface area (Å²) in [5.74, 6) is -0.368. The molecule has 1 heterocycles. The van der Waals surface area contributed by atoms with E-state index >= 15 is 0 Å². The second-order valence-electron chi connectivity index (χ2n) is 5.26. The van der Waals surface area contributed by atoms with Gasteiger partial charge in [0.05, 0.1) is 6.54 Å². The lowest BCUT2D eigenvalue weighted by atomic mass is 9.95. The highest BCUT2D eigenvalue weighted by molar-refractivity contribution is 5.81. The molecule has 0 aliphatic carbocycles. The van der Waals surface area contributed by atoms with Crippen molar-refractivity contribution in [1.29, 1.82) is 0 Å². The van der Waals surface area contributed by atoms with Gasteiger partial charge in [-0.25, -0.2) is 0 Å². The number of likely N-dealkylation sites (tertiary alicyclic amines) is 1. The summed E-state index contributed by atoms with van der Waals surface area (Å²) in [6, 6.07) is 0. The van der Waals surface area contributed by atoms with E-state index in [1.165, 1.54) is 0 Å². The lowest BCUT2D eigenvalue weighted by molar-refractivity contribution is -0.253. The summed E-state index contributed by atoms with van der Waals surface area (Å²) < 4.78 is 37.5. The summed E-state index contributed by atoms with van der Waals surface area (Å²) >= 11 is 0. The fourth-order valence-corrected chi connectivity index (χ4v) is 1.67. The number of alkyl halides is 3. The summed E-state index contributed by atoms with van der Waals surface area (Å²) in [5, 5.41) is 9.39. The molecule has 1 N–H and O–H groups in total. The van der Waals surface area contributed by atoms with E-state index in [2.05, 4.69) is 0 Å². The number of rotatable bonds is 0. The fraction of sp³-hybridized carbons (Fsp3) is 0.900. The maximum atomic E-state index is 12.5. The maximum Gasteiger partial charge on any atom is 0.419 e. The summed E-state index contributed by atoms with van der Waals surface area (Å²) in [6.07, 6.45) is -5.13. The zero-order chi connectivity index (χ0) is 12.8. The van der Waals surface area contributed by atoms with Gasteiger partial charge in [0.2, 0.25) is 5.91 Å². The molecule has 0 saturated carbocycles. The lowest BCUT2D eigenvalue weighted by Crippen LogP contribution is -2.49. The van der Waals surface area contributed by atoms with Crippen molar-refractivity contribution in [2.24, 2.45) is 5.41 Å². The zero-order valence-corrected chi connectivity index (χ0v) is 9.56. The number of hydrogen-bond acceptors (Lipinski definition) is 2. The summed E-state index contributed by atoms with van der Waals surface area (Å²) in [5.41, 5.74) is -3.47. The normalized spacial score (nSPS) is 27.3. The van der Waals surface area contributed by atoms with Crippen molar-refractivity contribution in [3.63, 3.8) is 0 Å². The van der Waals surface area contributed by atoms with Gasteiger partial charge >= 0.3 is 6.18 Å². The Morgan fingerprint density at radius 3 is 2.12 bits per heavy atom. The molecule has 1 amide bonds. The van der Waals surface area contributed by atoms with Crippen LogP contribution in [0.1, 0.15) is 27.2 Å². The van der Waals surface area contributed by atoms with Crippen LogP contribution in [-0.4, -0.2) is 40.8 Å². The molecule has 0 aromatic carbocycles. The summed E-state index contributed by atoms with van der Waals surface area (Å²) in [4.78, 5) is 12.8. The third kappa shape index (κ3) is 2.31. The molecule has 0 spiro atoms. The standard InChI is InChI=1S/C10H16F3NO2/c1-8(2,3)7(15)14-5-4-9(16,6-14)10(11,12)13/h16H,4-6H2,1-3H3/t9-/m1/s1. The number of aliphatic hydroxyl groups is 1. The summed E-state index contributed by atoms with van der Waals surface area (Å²) in [7, 11) is 0. The van der Waals surface area contributed by atoms with Crippen LogP contribution in [-0.2, 0) is 4.79 Å². The number of halogens is 3. The van der Waals surface area contributed by atoms with Crippen LogP contribution in [0.25, 0.3) is 0 Å². The molecule has 6 heteroatoms. The van der Waals surface area contributed by atoms with Crippen molar-refractivity contribution in [3.8, 4) is 0 Å². The molecule has 3 nitrogen and oxygen atoms in total. The van der Waals surface area contributed by atoms with Crippen molar-refractivity contribution >= 4 is 5.91 Å². The summed E-state index contributed by atoms with van der Waals surface area (Å²) in [6.45, 7) is 4.21. The van der Waals surface area contributed by atoms with E-state index in [4.69, 9.17) is 0 Å². The predicted molar refractivity (Wildman–Crippen MR) is 51.7 cm³/mol. The molecular formula is C10H16F3NO2. The average molecular weight is 239 g/mol. The highest BCUT2D eigenvalue weighted by Crippen LogP contribution is 2.38. The Morgan fingerprint density at radius 2 is 1.81 bits per heavy atom. The maximum absolute atomic E-state index is 12.5. The van der Waals surface area contributed by atoms with Gasteiger partial charge < -0.3 is 10.0 Å². The second-order valence-corrected chi connectivity index (χ2v) is 5.26. The molecule has 1 fully saturated rings. The Bertz CT molecular complexity index is 295. The van der Waals surface area contributed by atoms with E-state index in [0.717, 1.165) is 4.90 Å². The number of nitrogens with zero attached hydrogens (tertiary/aromatic N) is 1. The first-order valence-electron chi connectivity index (χ1n) is 5.06. The van der Waals surface area contributed by atoms with Crippen molar-refractivity contribution in [2.45, 2.75) is 39.0 Å². The van der Waals surface area contributed by atoms with Crippen LogP contribution in [0.2, 0.25) is 0 Å². The van der Waals surface area contributed by atoms with Gasteiger partial charge in [0.15, 0.2) is 5.60 Å². The number of hydrogen-bond donors (Lipinski definition) is 1. The van der Waals surface area contributed by atoms with Crippen molar-refractivity contribution in [3.05, 3.63) is 0 Å². The number of amides is 1. The molecule has 0 unspecified atom stereocenters. The number of carbonyl (C=O) groups excluding carboxylic acids is 1. The monoisotopic (exact) mass is 239 g/mol. The van der Waals surface area contributed by atoms with Crippen molar-refractivity contribution in [1.82, 2.24) is 4.90 Å². The van der Waals surface area contributed by atoms with Gasteiger partial charge in [0.25, 0.3) is 0 Å². The first kappa shape index (κ1) is 13.3. The molecule has 1 aliphatic rings. The highest BCUT2D eigenvalue weighted by atomic mass is 19.4. The minimum absolute atomic E-state index is 0.0495. The molecule has 0 radical (unpaired) electrons. The molecule has 0 aromatic rings. The highest BCUT2D eigenvalue weighted by Gasteiger charge is 2.58. The Hall–Kier alpha value is -0.780. The van der Waals surface area contributed by atoms with Crippen LogP contribution in [0.15, 0.2) is 0 Å². The minimum Gasteiger partial charge on any atom is -0.379 e. The van der Waals surface area contributed by atoms with Crippen LogP contribution in [0.3, 0.4) is 0 Å². The van der Waals surface area contributed by atoms with E-state index in [0.29, 0.717) is 0 Å². The third-order valence-electron chi connectivity index (χ3n) is 2.70. The Kier molecular flexibility index (Phi) is 3.00. The number of carbonyl (C=O) groups is 1. The lowest BCUT2D eigenvalue weighted by Gasteiger charge is -2.28. The van der Waals surface area contributed by atoms with Gasteiger partial charge in [-0.2, -0.15) is 13.2 Å². The van der Waals surface area contributed by atoms with E-state index in [1.807, 2.05) is 0 Å². The van der Waals surface area contributed by atoms with Gasteiger partial charge in [-0.05, 0) is 0 Å². The van der Waals surface area contributed by atoms with E-state index in [-0.39, 0.29) is 12.5 Å². The van der Waals surface area contributed by atoms with E-state index in [9.17, 15) is 23.1 Å². The Labute approximate surface area is 92.2 Å².